The lowest BCUT2D eigenvalue weighted by Crippen LogP contribution is -2.33. The summed E-state index contributed by atoms with van der Waals surface area (Å²) in [5, 5.41) is 0.347. The average molecular weight is 488 g/mol. The largest absolute Gasteiger partial charge is 0.497 e. The van der Waals surface area contributed by atoms with Crippen molar-refractivity contribution in [3.05, 3.63) is 59.8 Å². The molecule has 2 heterocycles. The van der Waals surface area contributed by atoms with Crippen molar-refractivity contribution in [1.29, 1.82) is 0 Å². The van der Waals surface area contributed by atoms with Crippen molar-refractivity contribution < 1.29 is 27.8 Å². The number of methoxy groups -OCH3 is 1. The minimum atomic E-state index is -2.94. The molecule has 2 aliphatic heterocycles. The van der Waals surface area contributed by atoms with Gasteiger partial charge in [-0.15, -0.1) is 0 Å². The van der Waals surface area contributed by atoms with Crippen LogP contribution in [-0.4, -0.2) is 54.4 Å². The van der Waals surface area contributed by atoms with E-state index in [1.807, 2.05) is 0 Å². The molecule has 2 aromatic rings. The maximum absolute atomic E-state index is 13.3. The van der Waals surface area contributed by atoms with Crippen LogP contribution in [0.2, 0.25) is 0 Å². The zero-order valence-corrected chi connectivity index (χ0v) is 19.3. The molecule has 0 bridgehead atoms. The van der Waals surface area contributed by atoms with E-state index < -0.39 is 6.61 Å². The number of hydrogen-bond acceptors (Lipinski definition) is 6. The summed E-state index contributed by atoms with van der Waals surface area (Å²) in [6.07, 6.45) is 3.63. The normalized spacial score (nSPS) is 17.0. The number of thioether (sulfide) groups is 1. The third-order valence-electron chi connectivity index (χ3n) is 5.35. The van der Waals surface area contributed by atoms with Crippen LogP contribution in [0.1, 0.15) is 18.4 Å². The van der Waals surface area contributed by atoms with Crippen molar-refractivity contribution in [2.45, 2.75) is 19.5 Å². The molecule has 2 amide bonds. The molecule has 0 saturated carbocycles. The number of benzene rings is 2. The number of anilines is 1. The molecule has 1 saturated heterocycles. The molecule has 7 nitrogen and oxygen atoms in total. The number of nitrogens with zero attached hydrogens (tertiary/aromatic N) is 3. The van der Waals surface area contributed by atoms with Crippen LogP contribution in [0.5, 0.6) is 11.5 Å². The Labute approximate surface area is 200 Å². The van der Waals surface area contributed by atoms with Crippen molar-refractivity contribution in [2.24, 2.45) is 4.99 Å². The summed E-state index contributed by atoms with van der Waals surface area (Å²) in [4.78, 5) is 33.5. The number of amides is 2. The SMILES string of the molecule is COc1ccc(/C=C2\N=C(SCC(=O)N3CCCC3)N(c3ccc(OC(F)F)cc3)C2=O)cc1. The van der Waals surface area contributed by atoms with E-state index in [1.54, 1.807) is 42.4 Å². The van der Waals surface area contributed by atoms with E-state index in [2.05, 4.69) is 9.73 Å². The van der Waals surface area contributed by atoms with Crippen molar-refractivity contribution in [3.8, 4) is 11.5 Å². The fourth-order valence-corrected chi connectivity index (χ4v) is 4.56. The van der Waals surface area contributed by atoms with Crippen LogP contribution in [0.15, 0.2) is 59.2 Å². The highest BCUT2D eigenvalue weighted by molar-refractivity contribution is 8.14. The number of carbonyl (C=O) groups excluding carboxylic acids is 2. The monoisotopic (exact) mass is 487 g/mol. The maximum Gasteiger partial charge on any atom is 0.387 e. The second kappa shape index (κ2) is 10.7. The van der Waals surface area contributed by atoms with Gasteiger partial charge in [-0.05, 0) is 60.9 Å². The lowest BCUT2D eigenvalue weighted by atomic mass is 10.2. The molecule has 2 aliphatic rings. The molecule has 0 aromatic heterocycles. The zero-order chi connectivity index (χ0) is 24.1. The minimum Gasteiger partial charge on any atom is -0.497 e. The van der Waals surface area contributed by atoms with Gasteiger partial charge >= 0.3 is 6.61 Å². The average Bonchev–Trinajstić information content (AvgIpc) is 3.47. The van der Waals surface area contributed by atoms with Gasteiger partial charge in [0.05, 0.1) is 18.6 Å². The number of aliphatic imine (C=N–C) groups is 1. The van der Waals surface area contributed by atoms with Crippen LogP contribution >= 0.6 is 11.8 Å². The lowest BCUT2D eigenvalue weighted by Gasteiger charge is -2.19. The van der Waals surface area contributed by atoms with E-state index in [-0.39, 0.29) is 29.0 Å². The van der Waals surface area contributed by atoms with Gasteiger partial charge in [0.25, 0.3) is 5.91 Å². The Morgan fingerprint density at radius 3 is 2.35 bits per heavy atom. The first-order valence-corrected chi connectivity index (χ1v) is 11.7. The molecule has 0 radical (unpaired) electrons. The van der Waals surface area contributed by atoms with E-state index in [9.17, 15) is 18.4 Å². The number of halogens is 2. The Hall–Kier alpha value is -3.40. The summed E-state index contributed by atoms with van der Waals surface area (Å²) < 4.78 is 34.6. The van der Waals surface area contributed by atoms with Gasteiger partial charge in [0, 0.05) is 13.1 Å². The third kappa shape index (κ3) is 5.56. The molecule has 10 heteroatoms. The van der Waals surface area contributed by atoms with E-state index in [4.69, 9.17) is 4.74 Å². The van der Waals surface area contributed by atoms with E-state index >= 15 is 0 Å². The number of amidine groups is 1. The van der Waals surface area contributed by atoms with Crippen LogP contribution in [0.3, 0.4) is 0 Å². The Balaban J connectivity index is 1.59. The molecular weight excluding hydrogens is 464 g/mol. The predicted octanol–water partition coefficient (Wildman–Crippen LogP) is 4.40. The van der Waals surface area contributed by atoms with Crippen LogP contribution in [-0.2, 0) is 9.59 Å². The Morgan fingerprint density at radius 1 is 1.09 bits per heavy atom. The molecule has 0 unspecified atom stereocenters. The molecule has 0 spiro atoms. The first-order chi connectivity index (χ1) is 16.4. The van der Waals surface area contributed by atoms with Crippen molar-refractivity contribution in [3.63, 3.8) is 0 Å². The van der Waals surface area contributed by atoms with Gasteiger partial charge in [0.1, 0.15) is 17.2 Å². The van der Waals surface area contributed by atoms with Crippen LogP contribution in [0.4, 0.5) is 14.5 Å². The van der Waals surface area contributed by atoms with E-state index in [0.29, 0.717) is 16.6 Å². The number of carbonyl (C=O) groups is 2. The molecule has 0 aliphatic carbocycles. The summed E-state index contributed by atoms with van der Waals surface area (Å²) in [5.41, 5.74) is 1.40. The first-order valence-electron chi connectivity index (χ1n) is 10.7. The molecule has 0 N–H and O–H groups in total. The maximum atomic E-state index is 13.3. The second-order valence-electron chi connectivity index (χ2n) is 7.59. The summed E-state index contributed by atoms with van der Waals surface area (Å²) in [5.74, 6) is 0.424. The molecule has 178 valence electrons. The fourth-order valence-electron chi connectivity index (χ4n) is 3.64. The fraction of sp³-hybridized carbons (Fsp3) is 0.292. The van der Waals surface area contributed by atoms with E-state index in [1.165, 1.54) is 40.9 Å². The summed E-state index contributed by atoms with van der Waals surface area (Å²) in [7, 11) is 1.57. The van der Waals surface area contributed by atoms with Crippen LogP contribution in [0.25, 0.3) is 6.08 Å². The molecule has 1 fully saturated rings. The van der Waals surface area contributed by atoms with Gasteiger partial charge in [0.2, 0.25) is 5.91 Å². The van der Waals surface area contributed by atoms with Gasteiger partial charge in [-0.1, -0.05) is 23.9 Å². The third-order valence-corrected chi connectivity index (χ3v) is 6.28. The van der Waals surface area contributed by atoms with Crippen LogP contribution < -0.4 is 14.4 Å². The topological polar surface area (TPSA) is 71.4 Å². The Morgan fingerprint density at radius 2 is 1.74 bits per heavy atom. The standard InChI is InChI=1S/C24H23F2N3O4S/c1-32-18-8-4-16(5-9-18)14-20-22(31)29(17-6-10-19(11-7-17)33-23(25)26)24(27-20)34-15-21(30)28-12-2-3-13-28/h4-11,14,23H,2-3,12-13,15H2,1H3/b20-14-. The Bertz CT molecular complexity index is 1100. The van der Waals surface area contributed by atoms with Crippen molar-refractivity contribution in [1.82, 2.24) is 4.90 Å². The summed E-state index contributed by atoms with van der Waals surface area (Å²) in [6, 6.07) is 12.9. The summed E-state index contributed by atoms with van der Waals surface area (Å²) >= 11 is 1.17. The van der Waals surface area contributed by atoms with Gasteiger partial charge < -0.3 is 14.4 Å². The number of likely N-dealkylation sites (tertiary alicyclic amines) is 1. The first kappa shape index (κ1) is 23.7. The van der Waals surface area contributed by atoms with E-state index in [0.717, 1.165) is 31.5 Å². The van der Waals surface area contributed by atoms with Gasteiger partial charge in [0.15, 0.2) is 5.17 Å². The van der Waals surface area contributed by atoms with Gasteiger partial charge in [-0.3, -0.25) is 14.5 Å². The molecule has 0 atom stereocenters. The predicted molar refractivity (Wildman–Crippen MR) is 127 cm³/mol. The highest BCUT2D eigenvalue weighted by Crippen LogP contribution is 2.31. The number of ether oxygens (including phenoxy) is 2. The van der Waals surface area contributed by atoms with Gasteiger partial charge in [-0.2, -0.15) is 8.78 Å². The summed E-state index contributed by atoms with van der Waals surface area (Å²) in [6.45, 7) is -1.46. The molecular formula is C24H23F2N3O4S. The smallest absolute Gasteiger partial charge is 0.387 e. The van der Waals surface area contributed by atoms with Crippen LogP contribution in [0, 0.1) is 0 Å². The van der Waals surface area contributed by atoms with Crippen molar-refractivity contribution in [2.75, 3.05) is 30.9 Å². The quantitative estimate of drug-likeness (QED) is 0.542. The van der Waals surface area contributed by atoms with Crippen molar-refractivity contribution >= 4 is 40.5 Å². The number of alkyl halides is 2. The minimum absolute atomic E-state index is 0.00846. The zero-order valence-electron chi connectivity index (χ0n) is 18.4. The molecule has 2 aromatic carbocycles. The Kier molecular flexibility index (Phi) is 7.46. The molecule has 4 rings (SSSR count). The highest BCUT2D eigenvalue weighted by atomic mass is 32.2. The second-order valence-corrected chi connectivity index (χ2v) is 8.53. The number of hydrogen-bond donors (Lipinski definition) is 0. The molecule has 34 heavy (non-hydrogen) atoms. The highest BCUT2D eigenvalue weighted by Gasteiger charge is 2.33. The number of rotatable bonds is 7. The lowest BCUT2D eigenvalue weighted by molar-refractivity contribution is -0.127. The van der Waals surface area contributed by atoms with Gasteiger partial charge in [-0.25, -0.2) is 4.99 Å².